The maximum Gasteiger partial charge on any atom is 0.267 e. The van der Waals surface area contributed by atoms with E-state index in [-0.39, 0.29) is 8.98 Å². The summed E-state index contributed by atoms with van der Waals surface area (Å²) < 4.78 is 1.59. The molecule has 3 aromatic rings. The van der Waals surface area contributed by atoms with Gasteiger partial charge in [-0.1, -0.05) is 22.6 Å². The molecule has 1 aliphatic rings. The second kappa shape index (κ2) is 7.86. The smallest absolute Gasteiger partial charge is 0.267 e. The van der Waals surface area contributed by atoms with Crippen molar-refractivity contribution in [1.29, 1.82) is 0 Å². The highest BCUT2D eigenvalue weighted by molar-refractivity contribution is 14.1. The molecule has 7 nitrogen and oxygen atoms in total. The van der Waals surface area contributed by atoms with E-state index in [1.165, 1.54) is 28.6 Å². The van der Waals surface area contributed by atoms with E-state index in [0.717, 1.165) is 17.0 Å². The van der Waals surface area contributed by atoms with Crippen LogP contribution in [-0.4, -0.2) is 34.7 Å². The first kappa shape index (κ1) is 19.4. The first-order valence-corrected chi connectivity index (χ1v) is 11.0. The summed E-state index contributed by atoms with van der Waals surface area (Å²) in [6.45, 7) is 5.48. The Labute approximate surface area is 180 Å². The number of hydrogen-bond donors (Lipinski definition) is 1. The molecule has 28 heavy (non-hydrogen) atoms. The molecule has 0 bridgehead atoms. The van der Waals surface area contributed by atoms with E-state index in [1.54, 1.807) is 29.8 Å². The Morgan fingerprint density at radius 1 is 1.21 bits per heavy atom. The van der Waals surface area contributed by atoms with E-state index < -0.39 is 0 Å². The SMILES string of the molecule is CC(C)(I)CNc1ncc(-c2ccc(=O)n(Cc3cnc(C4CC4)s3)n2)cn1. The minimum atomic E-state index is -0.131. The highest BCUT2D eigenvalue weighted by Crippen LogP contribution is 2.41. The van der Waals surface area contributed by atoms with Gasteiger partial charge >= 0.3 is 0 Å². The number of anilines is 1. The largest absolute Gasteiger partial charge is 0.353 e. The molecule has 3 aromatic heterocycles. The van der Waals surface area contributed by atoms with Gasteiger partial charge in [0.1, 0.15) is 0 Å². The Morgan fingerprint density at radius 2 is 1.96 bits per heavy atom. The molecule has 3 heterocycles. The van der Waals surface area contributed by atoms with Crippen LogP contribution >= 0.6 is 33.9 Å². The third-order valence-corrected chi connectivity index (χ3v) is 5.81. The number of aromatic nitrogens is 5. The molecule has 0 aromatic carbocycles. The van der Waals surface area contributed by atoms with Gasteiger partial charge in [-0.3, -0.25) is 4.79 Å². The zero-order chi connectivity index (χ0) is 19.7. The van der Waals surface area contributed by atoms with E-state index in [1.807, 2.05) is 6.20 Å². The van der Waals surface area contributed by atoms with Crippen LogP contribution < -0.4 is 10.9 Å². The molecule has 146 valence electrons. The van der Waals surface area contributed by atoms with Crippen molar-refractivity contribution in [2.45, 2.75) is 42.6 Å². The van der Waals surface area contributed by atoms with E-state index in [2.05, 4.69) is 61.8 Å². The molecule has 9 heteroatoms. The maximum absolute atomic E-state index is 12.2. The lowest BCUT2D eigenvalue weighted by molar-refractivity contribution is 0.648. The number of rotatable bonds is 7. The maximum atomic E-state index is 12.2. The Bertz CT molecular complexity index is 1020. The molecular formula is C19H21IN6OS. The first-order valence-electron chi connectivity index (χ1n) is 9.15. The van der Waals surface area contributed by atoms with Crippen molar-refractivity contribution in [3.63, 3.8) is 0 Å². The van der Waals surface area contributed by atoms with Gasteiger partial charge in [0, 0.05) is 51.0 Å². The van der Waals surface area contributed by atoms with Crippen LogP contribution in [0.2, 0.25) is 0 Å². The number of nitrogens with one attached hydrogen (secondary N) is 1. The number of alkyl halides is 1. The van der Waals surface area contributed by atoms with Crippen molar-refractivity contribution in [2.24, 2.45) is 0 Å². The average Bonchev–Trinajstić information content (AvgIpc) is 3.41. The van der Waals surface area contributed by atoms with Crippen LogP contribution in [0.5, 0.6) is 0 Å². The summed E-state index contributed by atoms with van der Waals surface area (Å²) in [5, 5.41) is 8.90. The van der Waals surface area contributed by atoms with Gasteiger partial charge in [0.25, 0.3) is 5.56 Å². The number of halogens is 1. The van der Waals surface area contributed by atoms with Crippen LogP contribution in [0.4, 0.5) is 5.95 Å². The zero-order valence-corrected chi connectivity index (χ0v) is 18.7. The van der Waals surface area contributed by atoms with Crippen molar-refractivity contribution >= 4 is 39.9 Å². The normalized spacial score (nSPS) is 14.2. The van der Waals surface area contributed by atoms with Crippen LogP contribution in [0.3, 0.4) is 0 Å². The van der Waals surface area contributed by atoms with Gasteiger partial charge in [-0.15, -0.1) is 11.3 Å². The molecule has 0 unspecified atom stereocenters. The van der Waals surface area contributed by atoms with E-state index in [4.69, 9.17) is 0 Å². The monoisotopic (exact) mass is 508 g/mol. The Morgan fingerprint density at radius 3 is 2.64 bits per heavy atom. The van der Waals surface area contributed by atoms with E-state index in [9.17, 15) is 4.79 Å². The van der Waals surface area contributed by atoms with Crippen molar-refractivity contribution in [1.82, 2.24) is 24.7 Å². The third-order valence-electron chi connectivity index (χ3n) is 4.28. The lowest BCUT2D eigenvalue weighted by Gasteiger charge is -2.16. The predicted octanol–water partition coefficient (Wildman–Crippen LogP) is 3.71. The molecule has 0 amide bonds. The molecule has 1 fully saturated rings. The molecule has 0 spiro atoms. The first-order chi connectivity index (χ1) is 13.4. The van der Waals surface area contributed by atoms with Crippen LogP contribution in [0.15, 0.2) is 35.5 Å². The molecule has 0 radical (unpaired) electrons. The fourth-order valence-corrected chi connectivity index (χ4v) is 3.88. The van der Waals surface area contributed by atoms with E-state index >= 15 is 0 Å². The second-order valence-electron chi connectivity index (χ2n) is 7.52. The summed E-state index contributed by atoms with van der Waals surface area (Å²) in [6.07, 6.45) is 7.76. The Balaban J connectivity index is 1.50. The molecule has 1 saturated carbocycles. The highest BCUT2D eigenvalue weighted by atomic mass is 127. The molecular weight excluding hydrogens is 487 g/mol. The molecule has 0 atom stereocenters. The van der Waals surface area contributed by atoms with Crippen LogP contribution in [-0.2, 0) is 6.54 Å². The van der Waals surface area contributed by atoms with Crippen LogP contribution in [0, 0.1) is 0 Å². The van der Waals surface area contributed by atoms with E-state index in [0.29, 0.717) is 24.1 Å². The van der Waals surface area contributed by atoms with Gasteiger partial charge in [-0.2, -0.15) is 5.10 Å². The molecule has 1 aliphatic carbocycles. The van der Waals surface area contributed by atoms with Crippen LogP contribution in [0.1, 0.15) is 42.5 Å². The summed E-state index contributed by atoms with van der Waals surface area (Å²) in [6, 6.07) is 3.25. The molecule has 0 aliphatic heterocycles. The standard InChI is InChI=1S/C19H21IN6OS/c1-19(2,20)11-24-18-22-7-13(8-23-18)15-5-6-16(27)26(25-15)10-14-9-21-17(28-14)12-3-4-12/h5-9,12H,3-4,10-11H2,1-2H3,(H,22,23,24). The van der Waals surface area contributed by atoms with Crippen molar-refractivity contribution in [3.8, 4) is 11.3 Å². The minimum absolute atomic E-state index is 0.118. The van der Waals surface area contributed by atoms with Gasteiger partial charge in [0.15, 0.2) is 0 Å². The third kappa shape index (κ3) is 4.93. The van der Waals surface area contributed by atoms with Gasteiger partial charge in [-0.05, 0) is 32.8 Å². The number of thiazole rings is 1. The molecule has 0 saturated heterocycles. The van der Waals surface area contributed by atoms with Gasteiger partial charge in [-0.25, -0.2) is 19.6 Å². The number of hydrogen-bond acceptors (Lipinski definition) is 7. The quantitative estimate of drug-likeness (QED) is 0.387. The fraction of sp³-hybridized carbons (Fsp3) is 0.421. The lowest BCUT2D eigenvalue weighted by Crippen LogP contribution is -2.23. The van der Waals surface area contributed by atoms with Crippen molar-refractivity contribution < 1.29 is 0 Å². The highest BCUT2D eigenvalue weighted by Gasteiger charge is 2.26. The second-order valence-corrected chi connectivity index (χ2v) is 11.6. The summed E-state index contributed by atoms with van der Waals surface area (Å²) in [4.78, 5) is 26.5. The predicted molar refractivity (Wildman–Crippen MR) is 119 cm³/mol. The number of nitrogens with zero attached hydrogens (tertiary/aromatic N) is 5. The lowest BCUT2D eigenvalue weighted by atomic mass is 10.2. The van der Waals surface area contributed by atoms with Crippen molar-refractivity contribution in [3.05, 3.63) is 51.0 Å². The topological polar surface area (TPSA) is 85.6 Å². The molecule has 1 N–H and O–H groups in total. The van der Waals surface area contributed by atoms with Gasteiger partial charge < -0.3 is 5.32 Å². The Hall–Kier alpha value is -1.88. The van der Waals surface area contributed by atoms with Gasteiger partial charge in [0.2, 0.25) is 5.95 Å². The zero-order valence-electron chi connectivity index (χ0n) is 15.7. The summed E-state index contributed by atoms with van der Waals surface area (Å²) in [5.74, 6) is 1.20. The summed E-state index contributed by atoms with van der Waals surface area (Å²) in [5.41, 5.74) is 1.32. The fourth-order valence-electron chi connectivity index (χ4n) is 2.62. The summed E-state index contributed by atoms with van der Waals surface area (Å²) in [7, 11) is 0. The molecule has 4 rings (SSSR count). The Kier molecular flexibility index (Phi) is 5.46. The van der Waals surface area contributed by atoms with Crippen LogP contribution in [0.25, 0.3) is 11.3 Å². The minimum Gasteiger partial charge on any atom is -0.353 e. The van der Waals surface area contributed by atoms with Crippen molar-refractivity contribution in [2.75, 3.05) is 11.9 Å². The average molecular weight is 508 g/mol. The summed E-state index contributed by atoms with van der Waals surface area (Å²) >= 11 is 4.05. The van der Waals surface area contributed by atoms with Gasteiger partial charge in [0.05, 0.1) is 17.2 Å².